The number of pyridine rings is 1. The molecular formula is C15H8BrCl2N3OS2. The summed E-state index contributed by atoms with van der Waals surface area (Å²) in [6.45, 7) is 0. The molecule has 122 valence electrons. The minimum Gasteiger partial charge on any atom is -0.317 e. The number of rotatable bonds is 2. The van der Waals surface area contributed by atoms with Gasteiger partial charge in [0.1, 0.15) is 10.7 Å². The zero-order valence-electron chi connectivity index (χ0n) is 11.8. The second-order valence-electron chi connectivity index (χ2n) is 4.66. The molecular weight excluding hydrogens is 453 g/mol. The molecule has 2 N–H and O–H groups in total. The van der Waals surface area contributed by atoms with E-state index in [0.29, 0.717) is 20.7 Å². The van der Waals surface area contributed by atoms with Crippen LogP contribution >= 0.6 is 62.7 Å². The Morgan fingerprint density at radius 1 is 1.25 bits per heavy atom. The summed E-state index contributed by atoms with van der Waals surface area (Å²) >= 11 is 21.9. The Kier molecular flexibility index (Phi) is 5.36. The number of benzene rings is 1. The number of anilines is 1. The van der Waals surface area contributed by atoms with Gasteiger partial charge < -0.3 is 5.32 Å². The van der Waals surface area contributed by atoms with Crippen molar-refractivity contribution >= 4 is 89.6 Å². The number of hydrogen-bond donors (Lipinski definition) is 2. The van der Waals surface area contributed by atoms with Crippen molar-refractivity contribution < 1.29 is 4.79 Å². The van der Waals surface area contributed by atoms with E-state index in [4.69, 9.17) is 35.4 Å². The highest BCUT2D eigenvalue weighted by molar-refractivity contribution is 9.10. The number of amides is 1. The van der Waals surface area contributed by atoms with E-state index in [-0.39, 0.29) is 11.0 Å². The Balaban J connectivity index is 1.76. The van der Waals surface area contributed by atoms with Gasteiger partial charge in [0.2, 0.25) is 0 Å². The first-order valence-corrected chi connectivity index (χ1v) is 9.33. The fraction of sp³-hybridized carbons (Fsp3) is 0. The molecule has 0 unspecified atom stereocenters. The summed E-state index contributed by atoms with van der Waals surface area (Å²) in [7, 11) is 0. The van der Waals surface area contributed by atoms with Crippen molar-refractivity contribution in [1.29, 1.82) is 0 Å². The topological polar surface area (TPSA) is 54.0 Å². The second-order valence-corrected chi connectivity index (χ2v) is 7.85. The van der Waals surface area contributed by atoms with E-state index in [1.165, 1.54) is 11.3 Å². The molecule has 0 bridgehead atoms. The zero-order chi connectivity index (χ0) is 17.3. The summed E-state index contributed by atoms with van der Waals surface area (Å²) < 4.78 is 1.69. The highest BCUT2D eigenvalue weighted by atomic mass is 79.9. The zero-order valence-corrected chi connectivity index (χ0v) is 16.5. The number of nitrogens with one attached hydrogen (secondary N) is 2. The Morgan fingerprint density at radius 2 is 2.04 bits per heavy atom. The number of thiophene rings is 1. The molecule has 3 rings (SSSR count). The Hall–Kier alpha value is -1.25. The number of nitrogens with zero attached hydrogens (tertiary/aromatic N) is 1. The average molecular weight is 461 g/mol. The summed E-state index contributed by atoms with van der Waals surface area (Å²) in [5.74, 6) is 0.143. The van der Waals surface area contributed by atoms with Gasteiger partial charge in [-0.2, -0.15) is 0 Å². The molecule has 0 spiro atoms. The minimum absolute atomic E-state index is 0.140. The molecule has 0 saturated carbocycles. The van der Waals surface area contributed by atoms with E-state index in [9.17, 15) is 4.79 Å². The highest BCUT2D eigenvalue weighted by Crippen LogP contribution is 2.36. The SMILES string of the molecule is O=C(NC(=S)Nc1ccc(Br)cn1)c1sc2cc(Cl)ccc2c1Cl. The summed E-state index contributed by atoms with van der Waals surface area (Å²) in [6.07, 6.45) is 1.62. The van der Waals surface area contributed by atoms with Gasteiger partial charge in [0.25, 0.3) is 5.91 Å². The molecule has 3 aromatic rings. The van der Waals surface area contributed by atoms with Gasteiger partial charge in [-0.1, -0.05) is 29.3 Å². The second kappa shape index (κ2) is 7.33. The van der Waals surface area contributed by atoms with Crippen LogP contribution in [0.4, 0.5) is 5.82 Å². The molecule has 0 aliphatic heterocycles. The fourth-order valence-corrected chi connectivity index (χ4v) is 4.06. The first-order chi connectivity index (χ1) is 11.4. The van der Waals surface area contributed by atoms with E-state index in [1.807, 2.05) is 6.07 Å². The largest absolute Gasteiger partial charge is 0.317 e. The first-order valence-electron chi connectivity index (χ1n) is 6.55. The van der Waals surface area contributed by atoms with E-state index < -0.39 is 0 Å². The number of hydrogen-bond acceptors (Lipinski definition) is 4. The molecule has 0 fully saturated rings. The third kappa shape index (κ3) is 3.87. The molecule has 24 heavy (non-hydrogen) atoms. The molecule has 0 aliphatic rings. The predicted octanol–water partition coefficient (Wildman–Crippen LogP) is 5.49. The van der Waals surface area contributed by atoms with E-state index in [2.05, 4.69) is 31.5 Å². The van der Waals surface area contributed by atoms with Crippen LogP contribution in [0.1, 0.15) is 9.67 Å². The van der Waals surface area contributed by atoms with Crippen LogP contribution in [0.25, 0.3) is 10.1 Å². The van der Waals surface area contributed by atoms with Crippen molar-refractivity contribution in [2.45, 2.75) is 0 Å². The van der Waals surface area contributed by atoms with Crippen molar-refractivity contribution in [3.05, 3.63) is 55.9 Å². The van der Waals surface area contributed by atoms with Crippen LogP contribution in [-0.4, -0.2) is 16.0 Å². The molecule has 0 aliphatic carbocycles. The summed E-state index contributed by atoms with van der Waals surface area (Å²) in [6, 6.07) is 8.83. The fourth-order valence-electron chi connectivity index (χ4n) is 1.94. The molecule has 1 aromatic carbocycles. The van der Waals surface area contributed by atoms with Gasteiger partial charge in [0.05, 0.1) is 5.02 Å². The standard InChI is InChI=1S/C15H8BrCl2N3OS2/c16-7-1-4-11(19-6-7)20-15(23)21-14(22)13-12(18)9-3-2-8(17)5-10(9)24-13/h1-6H,(H2,19,20,21,22,23). The summed E-state index contributed by atoms with van der Waals surface area (Å²) in [5, 5.41) is 7.33. The van der Waals surface area contributed by atoms with Crippen LogP contribution < -0.4 is 10.6 Å². The van der Waals surface area contributed by atoms with E-state index >= 15 is 0 Å². The molecule has 9 heteroatoms. The van der Waals surface area contributed by atoms with Crippen LogP contribution in [0.15, 0.2) is 41.0 Å². The van der Waals surface area contributed by atoms with Gasteiger partial charge in [-0.15, -0.1) is 11.3 Å². The van der Waals surface area contributed by atoms with E-state index in [0.717, 1.165) is 14.6 Å². The molecule has 0 saturated heterocycles. The third-order valence-corrected chi connectivity index (χ3v) is 5.56. The molecule has 0 radical (unpaired) electrons. The molecule has 2 heterocycles. The van der Waals surface area contributed by atoms with Crippen LogP contribution in [0.3, 0.4) is 0 Å². The van der Waals surface area contributed by atoms with Gasteiger partial charge in [0, 0.05) is 25.8 Å². The lowest BCUT2D eigenvalue weighted by Crippen LogP contribution is -2.34. The quantitative estimate of drug-likeness (QED) is 0.496. The number of thiocarbonyl (C=S) groups is 1. The van der Waals surface area contributed by atoms with Crippen LogP contribution in [-0.2, 0) is 0 Å². The number of fused-ring (bicyclic) bond motifs is 1. The van der Waals surface area contributed by atoms with Gasteiger partial charge in [0.15, 0.2) is 5.11 Å². The Morgan fingerprint density at radius 3 is 2.75 bits per heavy atom. The van der Waals surface area contributed by atoms with Crippen molar-refractivity contribution in [1.82, 2.24) is 10.3 Å². The maximum absolute atomic E-state index is 12.4. The van der Waals surface area contributed by atoms with Crippen molar-refractivity contribution in [2.24, 2.45) is 0 Å². The summed E-state index contributed by atoms with van der Waals surface area (Å²) in [4.78, 5) is 16.9. The predicted molar refractivity (Wildman–Crippen MR) is 107 cm³/mol. The van der Waals surface area contributed by atoms with Crippen molar-refractivity contribution in [3.63, 3.8) is 0 Å². The van der Waals surface area contributed by atoms with Crippen molar-refractivity contribution in [2.75, 3.05) is 5.32 Å². The van der Waals surface area contributed by atoms with E-state index in [1.54, 1.807) is 30.5 Å². The normalized spacial score (nSPS) is 10.6. The lowest BCUT2D eigenvalue weighted by atomic mass is 10.2. The van der Waals surface area contributed by atoms with Gasteiger partial charge in [-0.25, -0.2) is 4.98 Å². The molecule has 2 aromatic heterocycles. The lowest BCUT2D eigenvalue weighted by Gasteiger charge is -2.08. The average Bonchev–Trinajstić information content (AvgIpc) is 2.86. The number of halogens is 3. The monoisotopic (exact) mass is 459 g/mol. The number of aromatic nitrogens is 1. The van der Waals surface area contributed by atoms with Gasteiger partial charge >= 0.3 is 0 Å². The van der Waals surface area contributed by atoms with Crippen LogP contribution in [0.2, 0.25) is 10.0 Å². The highest BCUT2D eigenvalue weighted by Gasteiger charge is 2.18. The Bertz CT molecular complexity index is 944. The van der Waals surface area contributed by atoms with Crippen molar-refractivity contribution in [3.8, 4) is 0 Å². The smallest absolute Gasteiger partial charge is 0.269 e. The number of carbonyl (C=O) groups is 1. The molecule has 0 atom stereocenters. The number of carbonyl (C=O) groups excluding carboxylic acids is 1. The lowest BCUT2D eigenvalue weighted by molar-refractivity contribution is 0.0982. The van der Waals surface area contributed by atoms with Gasteiger partial charge in [-0.05, 0) is 52.4 Å². The van der Waals surface area contributed by atoms with Crippen LogP contribution in [0.5, 0.6) is 0 Å². The third-order valence-electron chi connectivity index (χ3n) is 2.99. The first kappa shape index (κ1) is 17.6. The van der Waals surface area contributed by atoms with Crippen LogP contribution in [0, 0.1) is 0 Å². The Labute approximate surface area is 165 Å². The molecule has 4 nitrogen and oxygen atoms in total. The summed E-state index contributed by atoms with van der Waals surface area (Å²) in [5.41, 5.74) is 0. The maximum Gasteiger partial charge on any atom is 0.269 e. The minimum atomic E-state index is -0.382. The van der Waals surface area contributed by atoms with Gasteiger partial charge in [-0.3, -0.25) is 10.1 Å². The maximum atomic E-state index is 12.4. The molecule has 1 amide bonds.